The molecule has 0 radical (unpaired) electrons. The van der Waals surface area contributed by atoms with Crippen molar-refractivity contribution in [1.29, 1.82) is 0 Å². The maximum atomic E-state index is 5.50. The van der Waals surface area contributed by atoms with Gasteiger partial charge >= 0.3 is 0 Å². The first-order valence-corrected chi connectivity index (χ1v) is 4.39. The van der Waals surface area contributed by atoms with Gasteiger partial charge in [0.05, 0.1) is 13.2 Å². The molecule has 1 aromatic carbocycles. The van der Waals surface area contributed by atoms with Crippen molar-refractivity contribution in [2.45, 2.75) is 19.4 Å². The Labute approximate surface area is 77.4 Å². The van der Waals surface area contributed by atoms with Crippen LogP contribution in [0.3, 0.4) is 0 Å². The molecule has 70 valence electrons. The zero-order chi connectivity index (χ0) is 9.26. The largest absolute Gasteiger partial charge is 0.493 e. The van der Waals surface area contributed by atoms with Crippen molar-refractivity contribution >= 4 is 0 Å². The van der Waals surface area contributed by atoms with E-state index in [4.69, 9.17) is 10.6 Å². The predicted molar refractivity (Wildman–Crippen MR) is 49.3 cm³/mol. The van der Waals surface area contributed by atoms with Gasteiger partial charge in [-0.3, -0.25) is 4.84 Å². The Morgan fingerprint density at radius 2 is 2.46 bits per heavy atom. The van der Waals surface area contributed by atoms with Gasteiger partial charge in [-0.2, -0.15) is 0 Å². The Hall–Kier alpha value is -1.06. The summed E-state index contributed by atoms with van der Waals surface area (Å²) in [4.78, 5) is 4.65. The summed E-state index contributed by atoms with van der Waals surface area (Å²) in [6.07, 6.45) is 0. The summed E-state index contributed by atoms with van der Waals surface area (Å²) in [6.45, 7) is 3.36. The van der Waals surface area contributed by atoms with Crippen molar-refractivity contribution < 1.29 is 9.57 Å². The van der Waals surface area contributed by atoms with Crippen LogP contribution in [0.4, 0.5) is 0 Å². The van der Waals surface area contributed by atoms with E-state index in [1.807, 2.05) is 18.2 Å². The van der Waals surface area contributed by atoms with Crippen molar-refractivity contribution in [3.8, 4) is 5.75 Å². The number of hydrogen-bond donors (Lipinski definition) is 1. The van der Waals surface area contributed by atoms with Crippen molar-refractivity contribution in [1.82, 2.24) is 0 Å². The van der Waals surface area contributed by atoms with Gasteiger partial charge in [-0.1, -0.05) is 19.1 Å². The van der Waals surface area contributed by atoms with E-state index in [9.17, 15) is 0 Å². The average Bonchev–Trinajstić information content (AvgIpc) is 2.50. The molecule has 0 aromatic heterocycles. The third-order valence-electron chi connectivity index (χ3n) is 2.38. The SMILES string of the molecule is CC1COc2cccc(CON)c21. The van der Waals surface area contributed by atoms with E-state index in [-0.39, 0.29) is 0 Å². The minimum Gasteiger partial charge on any atom is -0.493 e. The summed E-state index contributed by atoms with van der Waals surface area (Å²) < 4.78 is 5.50. The normalized spacial score (nSPS) is 19.7. The molecule has 13 heavy (non-hydrogen) atoms. The van der Waals surface area contributed by atoms with E-state index < -0.39 is 0 Å². The fourth-order valence-electron chi connectivity index (χ4n) is 1.79. The molecule has 3 nitrogen and oxygen atoms in total. The highest BCUT2D eigenvalue weighted by atomic mass is 16.6. The molecule has 3 heteroatoms. The van der Waals surface area contributed by atoms with E-state index in [2.05, 4.69) is 11.8 Å². The first kappa shape index (κ1) is 8.53. The Morgan fingerprint density at radius 1 is 1.62 bits per heavy atom. The Kier molecular flexibility index (Phi) is 2.20. The van der Waals surface area contributed by atoms with Gasteiger partial charge in [-0.05, 0) is 11.6 Å². The number of ether oxygens (including phenoxy) is 1. The third-order valence-corrected chi connectivity index (χ3v) is 2.38. The molecule has 2 rings (SSSR count). The van der Waals surface area contributed by atoms with Crippen LogP contribution < -0.4 is 10.6 Å². The Bertz CT molecular complexity index is 312. The smallest absolute Gasteiger partial charge is 0.123 e. The molecule has 0 fully saturated rings. The summed E-state index contributed by atoms with van der Waals surface area (Å²) in [7, 11) is 0. The minimum absolute atomic E-state index is 0.446. The minimum atomic E-state index is 0.446. The molecule has 0 bridgehead atoms. The first-order valence-electron chi connectivity index (χ1n) is 4.39. The molecule has 0 spiro atoms. The molecule has 0 amide bonds. The molecule has 1 aliphatic heterocycles. The van der Waals surface area contributed by atoms with Crippen LogP contribution in [0.5, 0.6) is 5.75 Å². The van der Waals surface area contributed by atoms with Gasteiger partial charge in [-0.15, -0.1) is 0 Å². The van der Waals surface area contributed by atoms with E-state index in [1.165, 1.54) is 5.56 Å². The maximum absolute atomic E-state index is 5.50. The fraction of sp³-hybridized carbons (Fsp3) is 0.400. The van der Waals surface area contributed by atoms with Gasteiger partial charge in [0, 0.05) is 11.5 Å². The van der Waals surface area contributed by atoms with Gasteiger partial charge in [-0.25, -0.2) is 5.90 Å². The van der Waals surface area contributed by atoms with Gasteiger partial charge in [0.2, 0.25) is 0 Å². The van der Waals surface area contributed by atoms with Crippen LogP contribution in [-0.2, 0) is 11.4 Å². The molecule has 1 atom stereocenters. The predicted octanol–water partition coefficient (Wildman–Crippen LogP) is 1.57. The molecule has 1 unspecified atom stereocenters. The summed E-state index contributed by atoms with van der Waals surface area (Å²) in [5.74, 6) is 6.48. The van der Waals surface area contributed by atoms with Crippen LogP contribution in [0, 0.1) is 0 Å². The summed E-state index contributed by atoms with van der Waals surface area (Å²) >= 11 is 0. The lowest BCUT2D eigenvalue weighted by Gasteiger charge is -2.07. The van der Waals surface area contributed by atoms with Crippen LogP contribution >= 0.6 is 0 Å². The lowest BCUT2D eigenvalue weighted by molar-refractivity contribution is 0.123. The second kappa shape index (κ2) is 3.36. The highest BCUT2D eigenvalue weighted by Gasteiger charge is 2.22. The third kappa shape index (κ3) is 1.41. The Balaban J connectivity index is 2.41. The highest BCUT2D eigenvalue weighted by molar-refractivity contribution is 5.45. The fourth-order valence-corrected chi connectivity index (χ4v) is 1.79. The van der Waals surface area contributed by atoms with Crippen molar-refractivity contribution in [3.05, 3.63) is 29.3 Å². The molecule has 0 aliphatic carbocycles. The monoisotopic (exact) mass is 179 g/mol. The number of rotatable bonds is 2. The topological polar surface area (TPSA) is 44.5 Å². The summed E-state index contributed by atoms with van der Waals surface area (Å²) in [5.41, 5.74) is 2.37. The van der Waals surface area contributed by atoms with E-state index >= 15 is 0 Å². The average molecular weight is 179 g/mol. The van der Waals surface area contributed by atoms with E-state index in [0.717, 1.165) is 17.9 Å². The number of fused-ring (bicyclic) bond motifs is 1. The molecule has 0 saturated carbocycles. The van der Waals surface area contributed by atoms with Crippen LogP contribution in [0.2, 0.25) is 0 Å². The maximum Gasteiger partial charge on any atom is 0.123 e. The summed E-state index contributed by atoms with van der Waals surface area (Å²) in [5, 5.41) is 0. The van der Waals surface area contributed by atoms with Crippen LogP contribution in [-0.4, -0.2) is 6.61 Å². The lowest BCUT2D eigenvalue weighted by Crippen LogP contribution is -2.03. The molecule has 0 saturated heterocycles. The lowest BCUT2D eigenvalue weighted by atomic mass is 9.98. The van der Waals surface area contributed by atoms with Crippen molar-refractivity contribution in [2.24, 2.45) is 5.90 Å². The zero-order valence-corrected chi connectivity index (χ0v) is 7.62. The standard InChI is InChI=1S/C10H13NO2/c1-7-5-12-9-4-2-3-8(6-13-11)10(7)9/h2-4,7H,5-6,11H2,1H3. The quantitative estimate of drug-likeness (QED) is 0.701. The second-order valence-electron chi connectivity index (χ2n) is 3.35. The van der Waals surface area contributed by atoms with Crippen LogP contribution in [0.25, 0.3) is 0 Å². The molecule has 1 heterocycles. The van der Waals surface area contributed by atoms with Crippen LogP contribution in [0.1, 0.15) is 24.0 Å². The van der Waals surface area contributed by atoms with Gasteiger partial charge < -0.3 is 4.74 Å². The summed E-state index contributed by atoms with van der Waals surface area (Å²) in [6, 6.07) is 5.97. The Morgan fingerprint density at radius 3 is 3.23 bits per heavy atom. The van der Waals surface area contributed by atoms with Gasteiger partial charge in [0.1, 0.15) is 5.75 Å². The van der Waals surface area contributed by atoms with Crippen molar-refractivity contribution in [3.63, 3.8) is 0 Å². The van der Waals surface area contributed by atoms with Crippen molar-refractivity contribution in [2.75, 3.05) is 6.61 Å². The van der Waals surface area contributed by atoms with E-state index in [0.29, 0.717) is 12.5 Å². The number of nitrogens with two attached hydrogens (primary N) is 1. The van der Waals surface area contributed by atoms with Crippen LogP contribution in [0.15, 0.2) is 18.2 Å². The van der Waals surface area contributed by atoms with Gasteiger partial charge in [0.15, 0.2) is 0 Å². The molecular formula is C10H13NO2. The number of benzene rings is 1. The molecular weight excluding hydrogens is 166 g/mol. The highest BCUT2D eigenvalue weighted by Crippen LogP contribution is 2.36. The second-order valence-corrected chi connectivity index (χ2v) is 3.35. The molecule has 1 aliphatic rings. The molecule has 2 N–H and O–H groups in total. The zero-order valence-electron chi connectivity index (χ0n) is 7.62. The van der Waals surface area contributed by atoms with Gasteiger partial charge in [0.25, 0.3) is 0 Å². The first-order chi connectivity index (χ1) is 6.33. The molecule has 1 aromatic rings. The van der Waals surface area contributed by atoms with E-state index in [1.54, 1.807) is 0 Å². The number of hydrogen-bond acceptors (Lipinski definition) is 3.